The highest BCUT2D eigenvalue weighted by molar-refractivity contribution is 5.99. The Kier molecular flexibility index (Phi) is 2.88. The number of hydrogen-bond acceptors (Lipinski definition) is 2. The van der Waals surface area contributed by atoms with Crippen LogP contribution in [0.3, 0.4) is 0 Å². The maximum atomic E-state index is 12.4. The first kappa shape index (κ1) is 12.0. The quantitative estimate of drug-likeness (QED) is 0.793. The van der Waals surface area contributed by atoms with E-state index in [9.17, 15) is 22.8 Å². The molecule has 16 heavy (non-hydrogen) atoms. The summed E-state index contributed by atoms with van der Waals surface area (Å²) < 4.78 is 37.3. The third-order valence-corrected chi connectivity index (χ3v) is 1.87. The fourth-order valence-corrected chi connectivity index (χ4v) is 1.15. The average molecular weight is 232 g/mol. The molecule has 86 valence electrons. The summed E-state index contributed by atoms with van der Waals surface area (Å²) >= 11 is 0. The van der Waals surface area contributed by atoms with Crippen molar-refractivity contribution in [3.8, 4) is 0 Å². The minimum atomic E-state index is -4.71. The van der Waals surface area contributed by atoms with E-state index in [1.807, 2.05) is 0 Å². The Morgan fingerprint density at radius 1 is 1.06 bits per heavy atom. The van der Waals surface area contributed by atoms with E-state index >= 15 is 0 Å². The number of amides is 2. The molecule has 0 spiro atoms. The second-order valence-corrected chi connectivity index (χ2v) is 2.99. The van der Waals surface area contributed by atoms with Crippen molar-refractivity contribution in [2.45, 2.75) is 6.18 Å². The Morgan fingerprint density at radius 3 is 2.00 bits per heavy atom. The van der Waals surface area contributed by atoms with Gasteiger partial charge in [-0.15, -0.1) is 0 Å². The van der Waals surface area contributed by atoms with E-state index in [0.29, 0.717) is 6.07 Å². The van der Waals surface area contributed by atoms with Gasteiger partial charge in [-0.25, -0.2) is 0 Å². The van der Waals surface area contributed by atoms with Crippen molar-refractivity contribution in [2.24, 2.45) is 11.5 Å². The Morgan fingerprint density at radius 2 is 1.62 bits per heavy atom. The van der Waals surface area contributed by atoms with Crippen LogP contribution in [-0.4, -0.2) is 11.8 Å². The predicted molar refractivity (Wildman–Crippen MR) is 48.5 cm³/mol. The Balaban J connectivity index is 3.43. The summed E-state index contributed by atoms with van der Waals surface area (Å²) in [5, 5.41) is 0. The van der Waals surface area contributed by atoms with Crippen LogP contribution in [0.5, 0.6) is 0 Å². The summed E-state index contributed by atoms with van der Waals surface area (Å²) in [7, 11) is 0. The van der Waals surface area contributed by atoms with Crippen LogP contribution in [0.2, 0.25) is 0 Å². The lowest BCUT2D eigenvalue weighted by atomic mass is 10.0. The van der Waals surface area contributed by atoms with E-state index in [2.05, 4.69) is 0 Å². The average Bonchev–Trinajstić information content (AvgIpc) is 2.15. The van der Waals surface area contributed by atoms with E-state index in [-0.39, 0.29) is 5.56 Å². The van der Waals surface area contributed by atoms with Gasteiger partial charge in [0.15, 0.2) is 0 Å². The van der Waals surface area contributed by atoms with Gasteiger partial charge in [0.25, 0.3) is 0 Å². The molecule has 0 atom stereocenters. The van der Waals surface area contributed by atoms with Gasteiger partial charge in [0.2, 0.25) is 11.8 Å². The first-order valence-electron chi connectivity index (χ1n) is 4.04. The molecule has 2 amide bonds. The van der Waals surface area contributed by atoms with Crippen LogP contribution in [0, 0.1) is 0 Å². The van der Waals surface area contributed by atoms with Crippen molar-refractivity contribution >= 4 is 11.8 Å². The maximum Gasteiger partial charge on any atom is 0.417 e. The smallest absolute Gasteiger partial charge is 0.366 e. The van der Waals surface area contributed by atoms with Crippen molar-refractivity contribution in [1.82, 2.24) is 0 Å². The third kappa shape index (κ3) is 2.30. The zero-order valence-electron chi connectivity index (χ0n) is 7.84. The fourth-order valence-electron chi connectivity index (χ4n) is 1.15. The van der Waals surface area contributed by atoms with E-state index in [1.54, 1.807) is 0 Å². The maximum absolute atomic E-state index is 12.4. The van der Waals surface area contributed by atoms with E-state index in [0.717, 1.165) is 12.1 Å². The summed E-state index contributed by atoms with van der Waals surface area (Å²) in [5.74, 6) is -2.20. The van der Waals surface area contributed by atoms with E-state index in [1.165, 1.54) is 0 Å². The molecule has 4 nitrogen and oxygen atoms in total. The van der Waals surface area contributed by atoms with Gasteiger partial charge in [-0.2, -0.15) is 13.2 Å². The standard InChI is InChI=1S/C9H7F3N2O2/c10-9(11,12)6-2-1-4(7(13)15)3-5(6)8(14)16/h1-3H,(H2,13,15)(H2,14,16). The van der Waals surface area contributed by atoms with Crippen LogP contribution in [-0.2, 0) is 6.18 Å². The van der Waals surface area contributed by atoms with Crippen LogP contribution in [0.4, 0.5) is 13.2 Å². The molecular formula is C9H7F3N2O2. The SMILES string of the molecule is NC(=O)c1ccc(C(F)(F)F)c(C(N)=O)c1. The first-order valence-corrected chi connectivity index (χ1v) is 4.04. The summed E-state index contributed by atoms with van der Waals surface area (Å²) in [5.41, 5.74) is 7.49. The Hall–Kier alpha value is -2.05. The number of nitrogens with two attached hydrogens (primary N) is 2. The molecule has 4 N–H and O–H groups in total. The summed E-state index contributed by atoms with van der Waals surface area (Å²) in [6, 6.07) is 2.21. The van der Waals surface area contributed by atoms with Gasteiger partial charge in [-0.3, -0.25) is 9.59 Å². The minimum absolute atomic E-state index is 0.207. The highest BCUT2D eigenvalue weighted by Crippen LogP contribution is 2.32. The number of carbonyl (C=O) groups is 2. The van der Waals surface area contributed by atoms with Gasteiger partial charge in [0.05, 0.1) is 11.1 Å². The molecule has 0 unspecified atom stereocenters. The van der Waals surface area contributed by atoms with Crippen molar-refractivity contribution in [3.05, 3.63) is 34.9 Å². The molecule has 0 radical (unpaired) electrons. The second kappa shape index (κ2) is 3.84. The van der Waals surface area contributed by atoms with E-state index < -0.39 is 29.1 Å². The molecule has 0 saturated carbocycles. The molecule has 0 aliphatic rings. The highest BCUT2D eigenvalue weighted by atomic mass is 19.4. The number of carbonyl (C=O) groups excluding carboxylic acids is 2. The van der Waals surface area contributed by atoms with Gasteiger partial charge in [-0.05, 0) is 18.2 Å². The lowest BCUT2D eigenvalue weighted by Crippen LogP contribution is -2.21. The summed E-state index contributed by atoms with van der Waals surface area (Å²) in [6.07, 6.45) is -4.71. The first-order chi connectivity index (χ1) is 7.23. The number of alkyl halides is 3. The van der Waals surface area contributed by atoms with Crippen LogP contribution in [0.25, 0.3) is 0 Å². The molecule has 1 aromatic carbocycles. The number of primary amides is 2. The van der Waals surface area contributed by atoms with Crippen molar-refractivity contribution in [3.63, 3.8) is 0 Å². The molecule has 0 aliphatic carbocycles. The van der Waals surface area contributed by atoms with Crippen molar-refractivity contribution in [1.29, 1.82) is 0 Å². The zero-order valence-corrected chi connectivity index (χ0v) is 7.84. The van der Waals surface area contributed by atoms with Crippen LogP contribution in [0.15, 0.2) is 18.2 Å². The summed E-state index contributed by atoms with van der Waals surface area (Å²) in [4.78, 5) is 21.5. The molecule has 1 aromatic rings. The molecule has 0 bridgehead atoms. The van der Waals surface area contributed by atoms with Gasteiger partial charge < -0.3 is 11.5 Å². The molecule has 0 aliphatic heterocycles. The lowest BCUT2D eigenvalue weighted by molar-refractivity contribution is -0.137. The number of hydrogen-bond donors (Lipinski definition) is 2. The molecule has 7 heteroatoms. The lowest BCUT2D eigenvalue weighted by Gasteiger charge is -2.11. The third-order valence-electron chi connectivity index (χ3n) is 1.87. The monoisotopic (exact) mass is 232 g/mol. The highest BCUT2D eigenvalue weighted by Gasteiger charge is 2.34. The van der Waals surface area contributed by atoms with Crippen LogP contribution >= 0.6 is 0 Å². The Bertz CT molecular complexity index is 455. The zero-order chi connectivity index (χ0) is 12.5. The molecule has 0 aromatic heterocycles. The summed E-state index contributed by atoms with van der Waals surface area (Å²) in [6.45, 7) is 0. The second-order valence-electron chi connectivity index (χ2n) is 2.99. The topological polar surface area (TPSA) is 86.2 Å². The minimum Gasteiger partial charge on any atom is -0.366 e. The molecule has 1 rings (SSSR count). The van der Waals surface area contributed by atoms with Gasteiger partial charge >= 0.3 is 6.18 Å². The largest absolute Gasteiger partial charge is 0.417 e. The van der Waals surface area contributed by atoms with E-state index in [4.69, 9.17) is 11.5 Å². The Labute approximate surface area is 88.0 Å². The molecule has 0 heterocycles. The normalized spacial score (nSPS) is 11.2. The number of halogens is 3. The van der Waals surface area contributed by atoms with Crippen LogP contribution in [0.1, 0.15) is 26.3 Å². The van der Waals surface area contributed by atoms with Crippen molar-refractivity contribution in [2.75, 3.05) is 0 Å². The van der Waals surface area contributed by atoms with Gasteiger partial charge in [-0.1, -0.05) is 0 Å². The van der Waals surface area contributed by atoms with Crippen molar-refractivity contribution < 1.29 is 22.8 Å². The predicted octanol–water partition coefficient (Wildman–Crippen LogP) is 0.903. The number of benzene rings is 1. The van der Waals surface area contributed by atoms with Gasteiger partial charge in [0.1, 0.15) is 0 Å². The van der Waals surface area contributed by atoms with Gasteiger partial charge in [0, 0.05) is 5.56 Å². The molecular weight excluding hydrogens is 225 g/mol. The molecule has 0 fully saturated rings. The fraction of sp³-hybridized carbons (Fsp3) is 0.111. The molecule has 0 saturated heterocycles. The van der Waals surface area contributed by atoms with Crippen LogP contribution < -0.4 is 11.5 Å². The number of rotatable bonds is 2.